The molecule has 0 aliphatic heterocycles. The van der Waals surface area contributed by atoms with Crippen molar-refractivity contribution in [3.8, 4) is 0 Å². The van der Waals surface area contributed by atoms with Crippen LogP contribution in [0.15, 0.2) is 30.5 Å². The fourth-order valence-corrected chi connectivity index (χ4v) is 1.94. The molecule has 0 spiro atoms. The summed E-state index contributed by atoms with van der Waals surface area (Å²) in [5.41, 5.74) is 8.32. The van der Waals surface area contributed by atoms with E-state index in [1.54, 1.807) is 0 Å². The topological polar surface area (TPSA) is 30.9 Å². The Morgan fingerprint density at radius 3 is 2.80 bits per heavy atom. The van der Waals surface area contributed by atoms with Crippen LogP contribution in [0.2, 0.25) is 0 Å². The average molecular weight is 202 g/mol. The summed E-state index contributed by atoms with van der Waals surface area (Å²) in [5, 5.41) is 1.31. The van der Waals surface area contributed by atoms with Gasteiger partial charge in [-0.15, -0.1) is 0 Å². The molecule has 2 heteroatoms. The smallest absolute Gasteiger partial charge is 0.0480 e. The molecule has 2 N–H and O–H groups in total. The van der Waals surface area contributed by atoms with Crippen molar-refractivity contribution in [2.24, 2.45) is 5.73 Å². The number of hydrogen-bond donors (Lipinski definition) is 1. The van der Waals surface area contributed by atoms with E-state index in [0.29, 0.717) is 12.5 Å². The van der Waals surface area contributed by atoms with Gasteiger partial charge >= 0.3 is 0 Å². The maximum atomic E-state index is 5.67. The number of aryl methyl sites for hydroxylation is 1. The Kier molecular flexibility index (Phi) is 2.78. The van der Waals surface area contributed by atoms with Crippen molar-refractivity contribution in [2.75, 3.05) is 6.54 Å². The summed E-state index contributed by atoms with van der Waals surface area (Å²) in [5.74, 6) is 0.444. The minimum absolute atomic E-state index is 0.444. The molecule has 0 fully saturated rings. The second kappa shape index (κ2) is 4.07. The summed E-state index contributed by atoms with van der Waals surface area (Å²) in [4.78, 5) is 0. The van der Waals surface area contributed by atoms with Gasteiger partial charge < -0.3 is 10.3 Å². The average Bonchev–Trinajstić information content (AvgIpc) is 2.69. The highest BCUT2D eigenvalue weighted by atomic mass is 14.9. The highest BCUT2D eigenvalue weighted by molar-refractivity contribution is 5.81. The van der Waals surface area contributed by atoms with Crippen LogP contribution in [-0.4, -0.2) is 11.1 Å². The lowest BCUT2D eigenvalue weighted by Gasteiger charge is -2.09. The fraction of sp³-hybridized carbons (Fsp3) is 0.385. The van der Waals surface area contributed by atoms with Crippen LogP contribution in [0.3, 0.4) is 0 Å². The number of fused-ring (bicyclic) bond motifs is 1. The minimum atomic E-state index is 0.444. The maximum Gasteiger partial charge on any atom is 0.0480 e. The molecule has 0 saturated heterocycles. The predicted octanol–water partition coefficient (Wildman–Crippen LogP) is 2.72. The van der Waals surface area contributed by atoms with Crippen LogP contribution in [-0.2, 0) is 6.54 Å². The molecule has 1 unspecified atom stereocenters. The van der Waals surface area contributed by atoms with E-state index in [9.17, 15) is 0 Å². The molecule has 0 amide bonds. The van der Waals surface area contributed by atoms with Gasteiger partial charge in [0.05, 0.1) is 0 Å². The van der Waals surface area contributed by atoms with E-state index in [-0.39, 0.29) is 0 Å². The minimum Gasteiger partial charge on any atom is -0.348 e. The first-order valence-corrected chi connectivity index (χ1v) is 5.55. The Labute approximate surface area is 90.7 Å². The molecule has 0 radical (unpaired) electrons. The molecule has 2 rings (SSSR count). The van der Waals surface area contributed by atoms with E-state index in [0.717, 1.165) is 6.54 Å². The van der Waals surface area contributed by atoms with Crippen LogP contribution < -0.4 is 5.73 Å². The van der Waals surface area contributed by atoms with E-state index in [4.69, 9.17) is 5.73 Å². The molecule has 15 heavy (non-hydrogen) atoms. The van der Waals surface area contributed by atoms with Gasteiger partial charge in [0.25, 0.3) is 0 Å². The summed E-state index contributed by atoms with van der Waals surface area (Å²) in [7, 11) is 0. The first kappa shape index (κ1) is 10.2. The summed E-state index contributed by atoms with van der Waals surface area (Å²) in [6.45, 7) is 6.06. The van der Waals surface area contributed by atoms with Crippen LogP contribution in [0.1, 0.15) is 25.3 Å². The maximum absolute atomic E-state index is 5.67. The van der Waals surface area contributed by atoms with Crippen molar-refractivity contribution in [2.45, 2.75) is 26.3 Å². The van der Waals surface area contributed by atoms with Gasteiger partial charge in [0.1, 0.15) is 0 Å². The predicted molar refractivity (Wildman–Crippen MR) is 65.1 cm³/mol. The number of aromatic nitrogens is 1. The highest BCUT2D eigenvalue weighted by Gasteiger charge is 2.05. The van der Waals surface area contributed by atoms with Gasteiger partial charge in [-0.3, -0.25) is 0 Å². The summed E-state index contributed by atoms with van der Waals surface area (Å²) < 4.78 is 2.26. The summed E-state index contributed by atoms with van der Waals surface area (Å²) >= 11 is 0. The lowest BCUT2D eigenvalue weighted by Crippen LogP contribution is -2.08. The van der Waals surface area contributed by atoms with Crippen molar-refractivity contribution in [3.63, 3.8) is 0 Å². The van der Waals surface area contributed by atoms with Gasteiger partial charge in [-0.25, -0.2) is 0 Å². The fourth-order valence-electron chi connectivity index (χ4n) is 1.94. The van der Waals surface area contributed by atoms with Gasteiger partial charge in [0.2, 0.25) is 0 Å². The van der Waals surface area contributed by atoms with E-state index in [2.05, 4.69) is 48.9 Å². The third-order valence-electron chi connectivity index (χ3n) is 3.06. The first-order valence-electron chi connectivity index (χ1n) is 5.55. The van der Waals surface area contributed by atoms with Gasteiger partial charge in [-0.2, -0.15) is 0 Å². The normalized spacial score (nSPS) is 13.3. The molecule has 0 saturated carbocycles. The molecule has 2 nitrogen and oxygen atoms in total. The van der Waals surface area contributed by atoms with Crippen molar-refractivity contribution in [1.29, 1.82) is 0 Å². The van der Waals surface area contributed by atoms with Crippen molar-refractivity contribution < 1.29 is 0 Å². The van der Waals surface area contributed by atoms with Crippen LogP contribution in [0, 0.1) is 0 Å². The van der Waals surface area contributed by atoms with Crippen molar-refractivity contribution in [1.82, 2.24) is 4.57 Å². The lowest BCUT2D eigenvalue weighted by molar-refractivity contribution is 0.774. The third-order valence-corrected chi connectivity index (χ3v) is 3.06. The van der Waals surface area contributed by atoms with Gasteiger partial charge in [-0.05, 0) is 48.5 Å². The zero-order valence-electron chi connectivity index (χ0n) is 9.40. The van der Waals surface area contributed by atoms with Crippen LogP contribution in [0.5, 0.6) is 0 Å². The molecule has 1 aromatic heterocycles. The van der Waals surface area contributed by atoms with E-state index >= 15 is 0 Å². The zero-order chi connectivity index (χ0) is 10.8. The molecule has 2 aromatic rings. The number of benzene rings is 1. The summed E-state index contributed by atoms with van der Waals surface area (Å²) in [6.07, 6.45) is 2.14. The number of nitrogens with two attached hydrogens (primary N) is 1. The van der Waals surface area contributed by atoms with E-state index < -0.39 is 0 Å². The second-order valence-corrected chi connectivity index (χ2v) is 4.06. The Hall–Kier alpha value is -1.28. The second-order valence-electron chi connectivity index (χ2n) is 4.06. The quantitative estimate of drug-likeness (QED) is 0.815. The van der Waals surface area contributed by atoms with Crippen molar-refractivity contribution >= 4 is 10.9 Å². The zero-order valence-corrected chi connectivity index (χ0v) is 9.40. The molecule has 1 aromatic carbocycles. The largest absolute Gasteiger partial charge is 0.348 e. The van der Waals surface area contributed by atoms with Crippen LogP contribution in [0.25, 0.3) is 10.9 Å². The lowest BCUT2D eigenvalue weighted by atomic mass is 10.0. The highest BCUT2D eigenvalue weighted by Crippen LogP contribution is 2.22. The third kappa shape index (κ3) is 1.77. The number of hydrogen-bond acceptors (Lipinski definition) is 1. The van der Waals surface area contributed by atoms with E-state index in [1.807, 2.05) is 0 Å². The standard InChI is InChI=1S/C13H18N2/c1-3-15-7-6-12-8-11(10(2)9-14)4-5-13(12)15/h4-8,10H,3,9,14H2,1-2H3. The molecular formula is C13H18N2. The molecule has 1 heterocycles. The van der Waals surface area contributed by atoms with Crippen LogP contribution >= 0.6 is 0 Å². The van der Waals surface area contributed by atoms with Gasteiger partial charge in [0, 0.05) is 18.3 Å². The first-order chi connectivity index (χ1) is 7.26. The molecule has 1 atom stereocenters. The van der Waals surface area contributed by atoms with Crippen LogP contribution in [0.4, 0.5) is 0 Å². The molecular weight excluding hydrogens is 184 g/mol. The molecule has 80 valence electrons. The summed E-state index contributed by atoms with van der Waals surface area (Å²) in [6, 6.07) is 8.80. The number of rotatable bonds is 3. The Bertz CT molecular complexity index is 457. The monoisotopic (exact) mass is 202 g/mol. The Morgan fingerprint density at radius 2 is 2.13 bits per heavy atom. The number of nitrogens with zero attached hydrogens (tertiary/aromatic N) is 1. The molecule has 0 aliphatic carbocycles. The van der Waals surface area contributed by atoms with Crippen molar-refractivity contribution in [3.05, 3.63) is 36.0 Å². The van der Waals surface area contributed by atoms with Gasteiger partial charge in [-0.1, -0.05) is 13.0 Å². The SMILES string of the molecule is CCn1ccc2cc(C(C)CN)ccc21. The Morgan fingerprint density at radius 1 is 1.33 bits per heavy atom. The molecule has 0 aliphatic rings. The molecule has 0 bridgehead atoms. The van der Waals surface area contributed by atoms with E-state index in [1.165, 1.54) is 16.5 Å². The van der Waals surface area contributed by atoms with Gasteiger partial charge in [0.15, 0.2) is 0 Å². The Balaban J connectivity index is 2.48.